The summed E-state index contributed by atoms with van der Waals surface area (Å²) in [4.78, 5) is 59.5. The summed E-state index contributed by atoms with van der Waals surface area (Å²) in [6, 6.07) is 24.4. The highest BCUT2D eigenvalue weighted by Crippen LogP contribution is 2.37. The van der Waals surface area contributed by atoms with Crippen LogP contribution in [0.5, 0.6) is 5.75 Å². The molecule has 2 aliphatic rings. The highest BCUT2D eigenvalue weighted by Gasteiger charge is 2.44. The molecular weight excluding hydrogens is 853 g/mol. The first kappa shape index (κ1) is 46.5. The molecule has 4 N–H and O–H groups in total. The van der Waals surface area contributed by atoms with Crippen LogP contribution < -0.4 is 20.8 Å². The molecule has 0 radical (unpaired) electrons. The van der Waals surface area contributed by atoms with E-state index in [1.807, 2.05) is 31.2 Å². The number of piperidine rings is 1. The SMILES string of the molecule is Cc1cc(C(C)(C)c2ccc(-c3ccc4nc(N[N+](C)(O)S)ncc4c3)cc2)cc(C#N)c1OCCOCCOCCOCCNc1ccc2c(c1)C(=O)N(C1CCC(=O)NC1=O)C2=O. The third kappa shape index (κ3) is 11.1. The number of ether oxygens (including phenoxy) is 4. The Kier molecular flexibility index (Phi) is 14.4. The Morgan fingerprint density at radius 2 is 1.55 bits per heavy atom. The highest BCUT2D eigenvalue weighted by molar-refractivity contribution is 7.74. The van der Waals surface area contributed by atoms with E-state index in [0.29, 0.717) is 63.2 Å². The first-order valence-corrected chi connectivity index (χ1v) is 21.5. The van der Waals surface area contributed by atoms with Crippen LogP contribution >= 0.6 is 12.8 Å². The molecule has 0 spiro atoms. The van der Waals surface area contributed by atoms with Crippen molar-refractivity contribution in [2.24, 2.45) is 0 Å². The van der Waals surface area contributed by atoms with Crippen LogP contribution in [0.1, 0.15) is 69.7 Å². The van der Waals surface area contributed by atoms with Crippen LogP contribution in [0.2, 0.25) is 0 Å². The van der Waals surface area contributed by atoms with Gasteiger partial charge in [0.1, 0.15) is 44.3 Å². The molecule has 3 heterocycles. The van der Waals surface area contributed by atoms with E-state index in [-0.39, 0.29) is 36.5 Å². The number of hydrogen-bond acceptors (Lipinski definition) is 15. The average Bonchev–Trinajstić information content (AvgIpc) is 3.52. The number of aryl methyl sites for hydroxylation is 1. The van der Waals surface area contributed by atoms with Gasteiger partial charge >= 0.3 is 0 Å². The minimum atomic E-state index is -1.01. The molecule has 1 fully saturated rings. The molecule has 0 aliphatic carbocycles. The standard InChI is InChI=1S/C47H50N8O9S/c1-29-23-35(47(2,3)34-8-5-30(6-9-34)31-7-12-39-33(24-31)28-50-46(51-39)53-55(4,60)65)25-32(27-48)42(29)64-22-21-63-20-19-62-18-17-61-16-15-49-36-10-11-37-38(26-36)45(59)54(44(37)58)40-13-14-41(56)52-43(40)57/h5-12,23-26,28,40,60,65H,13-22H2,1-4H3,(H2-,49,50,51,52,53,56,57,58)/p+1. The van der Waals surface area contributed by atoms with Gasteiger partial charge in [-0.25, -0.2) is 9.97 Å². The number of aromatic nitrogens is 2. The van der Waals surface area contributed by atoms with Gasteiger partial charge in [-0.15, -0.1) is 0 Å². The van der Waals surface area contributed by atoms with Gasteiger partial charge in [-0.05, 0) is 81.7 Å². The van der Waals surface area contributed by atoms with Gasteiger partial charge in [0.05, 0.1) is 61.8 Å². The van der Waals surface area contributed by atoms with E-state index in [1.54, 1.807) is 24.4 Å². The number of carbonyl (C=O) groups excluding carboxylic acids is 4. The zero-order chi connectivity index (χ0) is 46.3. The molecule has 2 aliphatic heterocycles. The molecule has 65 heavy (non-hydrogen) atoms. The number of benzene rings is 4. The van der Waals surface area contributed by atoms with E-state index < -0.39 is 39.2 Å². The number of nitrogens with one attached hydrogen (secondary N) is 3. The van der Waals surface area contributed by atoms with Crippen molar-refractivity contribution in [3.05, 3.63) is 112 Å². The van der Waals surface area contributed by atoms with E-state index in [2.05, 4.69) is 89.1 Å². The Balaban J connectivity index is 0.792. The second-order valence-corrected chi connectivity index (χ2v) is 17.1. The molecule has 0 saturated carbocycles. The van der Waals surface area contributed by atoms with Crippen LogP contribution in [-0.4, -0.2) is 114 Å². The van der Waals surface area contributed by atoms with E-state index >= 15 is 0 Å². The van der Waals surface area contributed by atoms with E-state index in [0.717, 1.165) is 43.6 Å². The third-order valence-electron chi connectivity index (χ3n) is 11.2. The number of amides is 4. The predicted octanol–water partition coefficient (Wildman–Crippen LogP) is 5.75. The quantitative estimate of drug-likeness (QED) is 0.0207. The number of anilines is 2. The summed E-state index contributed by atoms with van der Waals surface area (Å²) in [6.07, 6.45) is 1.86. The molecule has 0 bridgehead atoms. The number of hydroxylamine groups is 1. The Morgan fingerprint density at radius 3 is 2.25 bits per heavy atom. The lowest BCUT2D eigenvalue weighted by Crippen LogP contribution is -2.54. The van der Waals surface area contributed by atoms with Gasteiger partial charge in [0.15, 0.2) is 0 Å². The maximum Gasteiger partial charge on any atom is 0.273 e. The summed E-state index contributed by atoms with van der Waals surface area (Å²) in [6.45, 7) is 9.04. The average molecular weight is 904 g/mol. The van der Waals surface area contributed by atoms with Gasteiger partial charge in [0, 0.05) is 35.7 Å². The number of hydrogen-bond donors (Lipinski definition) is 5. The number of quaternary nitrogens is 1. The summed E-state index contributed by atoms with van der Waals surface area (Å²) >= 11 is 4.01. The van der Waals surface area contributed by atoms with Crippen molar-refractivity contribution in [1.82, 2.24) is 20.2 Å². The Morgan fingerprint density at radius 1 is 0.877 bits per heavy atom. The molecule has 2 atom stereocenters. The lowest BCUT2D eigenvalue weighted by atomic mass is 9.76. The van der Waals surface area contributed by atoms with Crippen LogP contribution in [0, 0.1) is 18.3 Å². The number of fused-ring (bicyclic) bond motifs is 2. The highest BCUT2D eigenvalue weighted by atomic mass is 32.1. The first-order chi connectivity index (χ1) is 31.1. The Labute approximate surface area is 381 Å². The molecule has 1 aromatic heterocycles. The number of thiol groups is 1. The minimum absolute atomic E-state index is 0.0614. The Bertz CT molecular complexity index is 2650. The summed E-state index contributed by atoms with van der Waals surface area (Å²) in [7, 11) is 1.44. The van der Waals surface area contributed by atoms with Crippen molar-refractivity contribution in [2.75, 3.05) is 70.6 Å². The monoisotopic (exact) mass is 903 g/mol. The van der Waals surface area contributed by atoms with Crippen molar-refractivity contribution in [1.29, 1.82) is 5.26 Å². The molecule has 7 rings (SSSR count). The normalized spacial score (nSPS) is 16.0. The molecule has 338 valence electrons. The molecular formula is C47H51N8O9S+. The van der Waals surface area contributed by atoms with Crippen LogP contribution in [0.15, 0.2) is 79.0 Å². The number of imide groups is 2. The van der Waals surface area contributed by atoms with Crippen LogP contribution in [0.25, 0.3) is 22.0 Å². The van der Waals surface area contributed by atoms with E-state index in [1.165, 1.54) is 7.05 Å². The van der Waals surface area contributed by atoms with E-state index in [9.17, 15) is 29.6 Å². The zero-order valence-electron chi connectivity index (χ0n) is 36.6. The maximum absolute atomic E-state index is 13.0. The number of carbonyl (C=O) groups is 4. The van der Waals surface area contributed by atoms with Crippen molar-refractivity contribution >= 4 is 59.0 Å². The second-order valence-electron chi connectivity index (χ2n) is 16.3. The van der Waals surface area contributed by atoms with Crippen molar-refractivity contribution in [2.45, 2.75) is 45.1 Å². The zero-order valence-corrected chi connectivity index (χ0v) is 37.4. The van der Waals surface area contributed by atoms with Gasteiger partial charge in [-0.3, -0.25) is 29.4 Å². The molecule has 1 saturated heterocycles. The number of nitrogens with zero attached hydrogens (tertiary/aromatic N) is 5. The van der Waals surface area contributed by atoms with Crippen molar-refractivity contribution in [3.8, 4) is 22.9 Å². The van der Waals surface area contributed by atoms with E-state index in [4.69, 9.17) is 18.9 Å². The van der Waals surface area contributed by atoms with Gasteiger partial charge in [-0.1, -0.05) is 50.2 Å². The minimum Gasteiger partial charge on any atom is -0.490 e. The first-order valence-electron chi connectivity index (χ1n) is 21.1. The molecule has 18 heteroatoms. The topological polar surface area (TPSA) is 214 Å². The second kappa shape index (κ2) is 20.2. The molecule has 2 unspecified atom stereocenters. The third-order valence-corrected chi connectivity index (χ3v) is 11.3. The number of rotatable bonds is 20. The van der Waals surface area contributed by atoms with Gasteiger partial charge in [0.2, 0.25) is 11.8 Å². The Hall–Kier alpha value is -6.46. The maximum atomic E-state index is 13.0. The summed E-state index contributed by atoms with van der Waals surface area (Å²) < 4.78 is 22.2. The van der Waals surface area contributed by atoms with Crippen LogP contribution in [0.4, 0.5) is 11.6 Å². The fraction of sp³-hybridized carbons (Fsp3) is 0.340. The fourth-order valence-electron chi connectivity index (χ4n) is 7.70. The smallest absolute Gasteiger partial charge is 0.273 e. The van der Waals surface area contributed by atoms with Gasteiger partial charge < -0.3 is 24.3 Å². The summed E-state index contributed by atoms with van der Waals surface area (Å²) in [5.74, 6) is -1.39. The lowest BCUT2D eigenvalue weighted by molar-refractivity contribution is -0.955. The van der Waals surface area contributed by atoms with Crippen LogP contribution in [0.3, 0.4) is 0 Å². The molecule has 17 nitrogen and oxygen atoms in total. The van der Waals surface area contributed by atoms with Crippen molar-refractivity contribution in [3.63, 3.8) is 0 Å². The fourth-order valence-corrected chi connectivity index (χ4v) is 7.79. The molecule has 4 amide bonds. The predicted molar refractivity (Wildman–Crippen MR) is 243 cm³/mol. The molecule has 4 aromatic carbocycles. The van der Waals surface area contributed by atoms with Gasteiger partial charge in [-0.2, -0.15) is 15.9 Å². The van der Waals surface area contributed by atoms with Gasteiger partial charge in [0.25, 0.3) is 17.8 Å². The summed E-state index contributed by atoms with van der Waals surface area (Å²) in [5.41, 5.74) is 9.48. The summed E-state index contributed by atoms with van der Waals surface area (Å²) in [5, 5.41) is 26.2. The lowest BCUT2D eigenvalue weighted by Gasteiger charge is -2.28. The van der Waals surface area contributed by atoms with Crippen molar-refractivity contribution < 1.29 is 47.5 Å². The number of nitriles is 1. The largest absolute Gasteiger partial charge is 0.490 e. The molecule has 5 aromatic rings. The van der Waals surface area contributed by atoms with Crippen LogP contribution in [-0.2, 0) is 29.2 Å².